The smallest absolute Gasteiger partial charge is 0.303 e. The summed E-state index contributed by atoms with van der Waals surface area (Å²) < 4.78 is 2.47. The second-order valence-electron chi connectivity index (χ2n) is 4.48. The molecule has 0 atom stereocenters. The van der Waals surface area contributed by atoms with Crippen LogP contribution < -0.4 is 11.2 Å². The highest BCUT2D eigenvalue weighted by Crippen LogP contribution is 2.11. The molecular weight excluding hydrogens is 230 g/mol. The third-order valence-corrected chi connectivity index (χ3v) is 2.77. The van der Waals surface area contributed by atoms with Crippen molar-refractivity contribution in [2.75, 3.05) is 0 Å². The van der Waals surface area contributed by atoms with E-state index in [0.717, 1.165) is 10.3 Å². The highest BCUT2D eigenvalue weighted by Gasteiger charge is 2.07. The van der Waals surface area contributed by atoms with Crippen LogP contribution in [0, 0.1) is 0 Å². The molecule has 0 saturated heterocycles. The molecule has 0 aliphatic rings. The standard InChI is InChI=1S/C13H15N3O2/c1-9(2)11-5-4-10(8-14-11)16-12(17)6-7-15(3)13(16)18/h4-9H,1-3H3. The zero-order valence-electron chi connectivity index (χ0n) is 10.6. The first kappa shape index (κ1) is 12.3. The molecule has 2 aromatic heterocycles. The maximum atomic E-state index is 11.9. The summed E-state index contributed by atoms with van der Waals surface area (Å²) in [5.41, 5.74) is 0.698. The van der Waals surface area contributed by atoms with Gasteiger partial charge in [0.2, 0.25) is 0 Å². The van der Waals surface area contributed by atoms with Crippen molar-refractivity contribution in [3.8, 4) is 5.69 Å². The lowest BCUT2D eigenvalue weighted by molar-refractivity contribution is 0.734. The van der Waals surface area contributed by atoms with Gasteiger partial charge in [-0.25, -0.2) is 9.36 Å². The first-order chi connectivity index (χ1) is 8.50. The fourth-order valence-corrected chi connectivity index (χ4v) is 1.67. The molecule has 2 aromatic rings. The van der Waals surface area contributed by atoms with Gasteiger partial charge in [0, 0.05) is 25.0 Å². The lowest BCUT2D eigenvalue weighted by atomic mass is 10.1. The molecule has 0 amide bonds. The molecule has 18 heavy (non-hydrogen) atoms. The highest BCUT2D eigenvalue weighted by atomic mass is 16.2. The van der Waals surface area contributed by atoms with Crippen molar-refractivity contribution in [3.05, 3.63) is 57.1 Å². The maximum absolute atomic E-state index is 11.9. The van der Waals surface area contributed by atoms with Gasteiger partial charge in [0.15, 0.2) is 0 Å². The first-order valence-electron chi connectivity index (χ1n) is 5.75. The van der Waals surface area contributed by atoms with E-state index in [9.17, 15) is 9.59 Å². The molecule has 0 spiro atoms. The molecule has 0 fully saturated rings. The first-order valence-corrected chi connectivity index (χ1v) is 5.75. The molecule has 5 heteroatoms. The van der Waals surface area contributed by atoms with E-state index >= 15 is 0 Å². The molecule has 0 N–H and O–H groups in total. The van der Waals surface area contributed by atoms with Gasteiger partial charge in [0.1, 0.15) is 0 Å². The SMILES string of the molecule is CC(C)c1ccc(-n2c(=O)ccn(C)c2=O)cn1. The number of hydrogen-bond donors (Lipinski definition) is 0. The van der Waals surface area contributed by atoms with E-state index in [-0.39, 0.29) is 11.2 Å². The van der Waals surface area contributed by atoms with E-state index in [4.69, 9.17) is 0 Å². The third-order valence-electron chi connectivity index (χ3n) is 2.77. The zero-order valence-corrected chi connectivity index (χ0v) is 10.6. The average molecular weight is 245 g/mol. The molecule has 0 bridgehead atoms. The Kier molecular flexibility index (Phi) is 3.14. The second-order valence-corrected chi connectivity index (χ2v) is 4.48. The topological polar surface area (TPSA) is 56.9 Å². The van der Waals surface area contributed by atoms with Crippen LogP contribution in [-0.4, -0.2) is 14.1 Å². The highest BCUT2D eigenvalue weighted by molar-refractivity contribution is 5.30. The number of pyridine rings is 1. The Morgan fingerprint density at radius 1 is 1.17 bits per heavy atom. The summed E-state index contributed by atoms with van der Waals surface area (Å²) in [6.45, 7) is 4.07. The van der Waals surface area contributed by atoms with Gasteiger partial charge in [-0.15, -0.1) is 0 Å². The van der Waals surface area contributed by atoms with Gasteiger partial charge >= 0.3 is 5.69 Å². The normalized spacial score (nSPS) is 10.9. The van der Waals surface area contributed by atoms with Gasteiger partial charge < -0.3 is 4.57 Å². The lowest BCUT2D eigenvalue weighted by Crippen LogP contribution is -2.36. The monoisotopic (exact) mass is 245 g/mol. The minimum Gasteiger partial charge on any atom is -0.303 e. The summed E-state index contributed by atoms with van der Waals surface area (Å²) in [5, 5.41) is 0. The Labute approximate surface area is 104 Å². The summed E-state index contributed by atoms with van der Waals surface area (Å²) in [5.74, 6) is 0.314. The van der Waals surface area contributed by atoms with Crippen LogP contribution in [0.15, 0.2) is 40.2 Å². The molecule has 0 unspecified atom stereocenters. The Morgan fingerprint density at radius 3 is 2.44 bits per heavy atom. The molecule has 94 valence electrons. The van der Waals surface area contributed by atoms with Gasteiger partial charge in [-0.2, -0.15) is 0 Å². The van der Waals surface area contributed by atoms with Crippen LogP contribution in [0.4, 0.5) is 0 Å². The van der Waals surface area contributed by atoms with Crippen LogP contribution in [0.1, 0.15) is 25.5 Å². The fourth-order valence-electron chi connectivity index (χ4n) is 1.67. The van der Waals surface area contributed by atoms with Gasteiger partial charge in [0.25, 0.3) is 5.56 Å². The maximum Gasteiger partial charge on any atom is 0.335 e. The van der Waals surface area contributed by atoms with Crippen molar-refractivity contribution in [2.24, 2.45) is 7.05 Å². The Balaban J connectivity index is 2.60. The number of aromatic nitrogens is 3. The molecule has 0 radical (unpaired) electrons. The van der Waals surface area contributed by atoms with E-state index in [1.165, 1.54) is 16.8 Å². The number of hydrogen-bond acceptors (Lipinski definition) is 3. The quantitative estimate of drug-likeness (QED) is 0.794. The van der Waals surface area contributed by atoms with Crippen LogP contribution in [0.2, 0.25) is 0 Å². The van der Waals surface area contributed by atoms with Crippen LogP contribution in [-0.2, 0) is 7.05 Å². The molecule has 0 saturated carbocycles. The second kappa shape index (κ2) is 4.60. The predicted molar refractivity (Wildman–Crippen MR) is 69.2 cm³/mol. The van der Waals surface area contributed by atoms with Crippen molar-refractivity contribution in [1.82, 2.24) is 14.1 Å². The molecule has 5 nitrogen and oxygen atoms in total. The van der Waals surface area contributed by atoms with Gasteiger partial charge in [0.05, 0.1) is 11.9 Å². The van der Waals surface area contributed by atoms with Crippen LogP contribution in [0.5, 0.6) is 0 Å². The molecule has 0 aliphatic carbocycles. The summed E-state index contributed by atoms with van der Waals surface area (Å²) in [4.78, 5) is 27.9. The van der Waals surface area contributed by atoms with E-state index < -0.39 is 0 Å². The van der Waals surface area contributed by atoms with E-state index in [0.29, 0.717) is 11.6 Å². The molecule has 2 heterocycles. The lowest BCUT2D eigenvalue weighted by Gasteiger charge is -2.08. The fraction of sp³-hybridized carbons (Fsp3) is 0.308. The number of aryl methyl sites for hydroxylation is 1. The molecule has 0 aromatic carbocycles. The van der Waals surface area contributed by atoms with Gasteiger partial charge in [-0.3, -0.25) is 9.78 Å². The zero-order chi connectivity index (χ0) is 13.3. The Morgan fingerprint density at radius 2 is 1.89 bits per heavy atom. The summed E-state index contributed by atoms with van der Waals surface area (Å²) >= 11 is 0. The van der Waals surface area contributed by atoms with E-state index in [1.807, 2.05) is 19.9 Å². The molecule has 0 aliphatic heterocycles. The Hall–Kier alpha value is -2.17. The van der Waals surface area contributed by atoms with Crippen LogP contribution >= 0.6 is 0 Å². The van der Waals surface area contributed by atoms with Crippen molar-refractivity contribution < 1.29 is 0 Å². The minimum absolute atomic E-state index is 0.314. The number of nitrogens with zero attached hydrogens (tertiary/aromatic N) is 3. The minimum atomic E-state index is -0.374. The largest absolute Gasteiger partial charge is 0.335 e. The van der Waals surface area contributed by atoms with Crippen molar-refractivity contribution in [2.45, 2.75) is 19.8 Å². The van der Waals surface area contributed by atoms with Gasteiger partial charge in [-0.05, 0) is 18.1 Å². The van der Waals surface area contributed by atoms with Crippen molar-refractivity contribution >= 4 is 0 Å². The van der Waals surface area contributed by atoms with E-state index in [2.05, 4.69) is 4.98 Å². The van der Waals surface area contributed by atoms with Crippen molar-refractivity contribution in [1.29, 1.82) is 0 Å². The van der Waals surface area contributed by atoms with E-state index in [1.54, 1.807) is 19.3 Å². The summed E-state index contributed by atoms with van der Waals surface area (Å²) in [7, 11) is 1.61. The number of rotatable bonds is 2. The van der Waals surface area contributed by atoms with Crippen molar-refractivity contribution in [3.63, 3.8) is 0 Å². The molecular formula is C13H15N3O2. The van der Waals surface area contributed by atoms with Crippen LogP contribution in [0.25, 0.3) is 5.69 Å². The average Bonchev–Trinajstić information content (AvgIpc) is 2.35. The molecule has 2 rings (SSSR count). The summed E-state index contributed by atoms with van der Waals surface area (Å²) in [6.07, 6.45) is 3.01. The summed E-state index contributed by atoms with van der Waals surface area (Å²) in [6, 6.07) is 4.93. The predicted octanol–water partition coefficient (Wildman–Crippen LogP) is 1.05. The Bertz CT molecular complexity index is 666. The third kappa shape index (κ3) is 2.11. The van der Waals surface area contributed by atoms with Crippen LogP contribution in [0.3, 0.4) is 0 Å². The van der Waals surface area contributed by atoms with Gasteiger partial charge in [-0.1, -0.05) is 13.8 Å².